The van der Waals surface area contributed by atoms with E-state index >= 15 is 0 Å². The molecule has 0 spiro atoms. The van der Waals surface area contributed by atoms with Gasteiger partial charge in [0, 0.05) is 25.3 Å². The molecule has 19 heavy (non-hydrogen) atoms. The van der Waals surface area contributed by atoms with Crippen LogP contribution in [0.2, 0.25) is 0 Å². The monoisotopic (exact) mass is 258 g/mol. The predicted molar refractivity (Wildman–Crippen MR) is 77.5 cm³/mol. The Morgan fingerprint density at radius 2 is 1.79 bits per heavy atom. The third kappa shape index (κ3) is 3.32. The molecule has 0 bridgehead atoms. The SMILES string of the molecule is CCN(Cc1cc(F)ccc1CN)c1ccccc1. The summed E-state index contributed by atoms with van der Waals surface area (Å²) in [5.74, 6) is -0.212. The molecule has 0 unspecified atom stereocenters. The number of rotatable bonds is 5. The van der Waals surface area contributed by atoms with Crippen LogP contribution in [0.3, 0.4) is 0 Å². The summed E-state index contributed by atoms with van der Waals surface area (Å²) in [4.78, 5) is 2.20. The summed E-state index contributed by atoms with van der Waals surface area (Å²) in [5.41, 5.74) is 8.80. The van der Waals surface area contributed by atoms with E-state index in [-0.39, 0.29) is 5.82 Å². The van der Waals surface area contributed by atoms with Crippen molar-refractivity contribution in [1.29, 1.82) is 0 Å². The molecular weight excluding hydrogens is 239 g/mol. The van der Waals surface area contributed by atoms with Crippen LogP contribution in [0.25, 0.3) is 0 Å². The fourth-order valence-corrected chi connectivity index (χ4v) is 2.17. The molecule has 0 aliphatic rings. The minimum absolute atomic E-state index is 0.212. The van der Waals surface area contributed by atoms with Crippen molar-refractivity contribution in [3.05, 3.63) is 65.5 Å². The molecule has 0 aliphatic carbocycles. The van der Waals surface area contributed by atoms with Crippen molar-refractivity contribution in [3.63, 3.8) is 0 Å². The number of hydrogen-bond donors (Lipinski definition) is 1. The summed E-state index contributed by atoms with van der Waals surface area (Å²) in [6.07, 6.45) is 0. The highest BCUT2D eigenvalue weighted by Crippen LogP contribution is 2.19. The highest BCUT2D eigenvalue weighted by atomic mass is 19.1. The maximum atomic E-state index is 13.4. The zero-order chi connectivity index (χ0) is 13.7. The van der Waals surface area contributed by atoms with E-state index in [9.17, 15) is 4.39 Å². The van der Waals surface area contributed by atoms with Crippen molar-refractivity contribution in [2.75, 3.05) is 11.4 Å². The Morgan fingerprint density at radius 3 is 2.42 bits per heavy atom. The molecule has 2 N–H and O–H groups in total. The van der Waals surface area contributed by atoms with Gasteiger partial charge in [-0.25, -0.2) is 4.39 Å². The first kappa shape index (κ1) is 13.6. The van der Waals surface area contributed by atoms with Gasteiger partial charge in [-0.15, -0.1) is 0 Å². The van der Waals surface area contributed by atoms with Gasteiger partial charge in [0.1, 0.15) is 5.82 Å². The van der Waals surface area contributed by atoms with Gasteiger partial charge >= 0.3 is 0 Å². The summed E-state index contributed by atoms with van der Waals surface area (Å²) in [5, 5.41) is 0. The van der Waals surface area contributed by atoms with Gasteiger partial charge in [-0.1, -0.05) is 24.3 Å². The van der Waals surface area contributed by atoms with Crippen LogP contribution in [0.4, 0.5) is 10.1 Å². The van der Waals surface area contributed by atoms with Crippen molar-refractivity contribution in [1.82, 2.24) is 0 Å². The second-order valence-corrected chi connectivity index (χ2v) is 4.47. The highest BCUT2D eigenvalue weighted by Gasteiger charge is 2.09. The number of halogens is 1. The fourth-order valence-electron chi connectivity index (χ4n) is 2.17. The first-order valence-electron chi connectivity index (χ1n) is 6.52. The van der Waals surface area contributed by atoms with E-state index in [1.807, 2.05) is 18.2 Å². The molecule has 2 aromatic carbocycles. The van der Waals surface area contributed by atoms with Gasteiger partial charge in [0.2, 0.25) is 0 Å². The molecule has 2 nitrogen and oxygen atoms in total. The van der Waals surface area contributed by atoms with E-state index in [1.165, 1.54) is 6.07 Å². The minimum atomic E-state index is -0.212. The molecule has 0 amide bonds. The van der Waals surface area contributed by atoms with Gasteiger partial charge in [-0.2, -0.15) is 0 Å². The average molecular weight is 258 g/mol. The van der Waals surface area contributed by atoms with E-state index in [1.54, 1.807) is 12.1 Å². The normalized spacial score (nSPS) is 10.5. The second kappa shape index (κ2) is 6.34. The number of nitrogens with two attached hydrogens (primary N) is 1. The molecule has 3 heteroatoms. The Kier molecular flexibility index (Phi) is 4.53. The van der Waals surface area contributed by atoms with E-state index in [0.717, 1.165) is 23.4 Å². The van der Waals surface area contributed by atoms with Crippen LogP contribution in [0.5, 0.6) is 0 Å². The maximum absolute atomic E-state index is 13.4. The lowest BCUT2D eigenvalue weighted by Gasteiger charge is -2.24. The van der Waals surface area contributed by atoms with Gasteiger partial charge in [-0.05, 0) is 42.3 Å². The summed E-state index contributed by atoms with van der Waals surface area (Å²) in [6, 6.07) is 14.9. The highest BCUT2D eigenvalue weighted by molar-refractivity contribution is 5.47. The number of hydrogen-bond acceptors (Lipinski definition) is 2. The lowest BCUT2D eigenvalue weighted by atomic mass is 10.1. The Bertz CT molecular complexity index is 526. The third-order valence-corrected chi connectivity index (χ3v) is 3.25. The van der Waals surface area contributed by atoms with Crippen molar-refractivity contribution < 1.29 is 4.39 Å². The zero-order valence-electron chi connectivity index (χ0n) is 11.1. The Morgan fingerprint density at radius 1 is 1.05 bits per heavy atom. The molecule has 0 saturated carbocycles. The standard InChI is InChI=1S/C16H19FN2/c1-2-19(16-6-4-3-5-7-16)12-14-10-15(17)9-8-13(14)11-18/h3-10H,2,11-12,18H2,1H3. The van der Waals surface area contributed by atoms with E-state index in [0.29, 0.717) is 13.1 Å². The smallest absolute Gasteiger partial charge is 0.123 e. The Labute approximate surface area is 113 Å². The van der Waals surface area contributed by atoms with Gasteiger partial charge in [-0.3, -0.25) is 0 Å². The molecule has 0 atom stereocenters. The van der Waals surface area contributed by atoms with Gasteiger partial charge in [0.15, 0.2) is 0 Å². The van der Waals surface area contributed by atoms with Gasteiger partial charge in [0.25, 0.3) is 0 Å². The zero-order valence-corrected chi connectivity index (χ0v) is 11.1. The van der Waals surface area contributed by atoms with Crippen LogP contribution in [-0.2, 0) is 13.1 Å². The van der Waals surface area contributed by atoms with Crippen LogP contribution < -0.4 is 10.6 Å². The van der Waals surface area contributed by atoms with Crippen molar-refractivity contribution in [3.8, 4) is 0 Å². The number of nitrogens with zero attached hydrogens (tertiary/aromatic N) is 1. The molecule has 0 fully saturated rings. The Balaban J connectivity index is 2.26. The van der Waals surface area contributed by atoms with Crippen LogP contribution in [-0.4, -0.2) is 6.54 Å². The van der Waals surface area contributed by atoms with Crippen LogP contribution in [0, 0.1) is 5.82 Å². The molecule has 0 heterocycles. The predicted octanol–water partition coefficient (Wildman–Crippen LogP) is 3.31. The summed E-state index contributed by atoms with van der Waals surface area (Å²) < 4.78 is 13.4. The number of anilines is 1. The first-order valence-corrected chi connectivity index (χ1v) is 6.52. The summed E-state index contributed by atoms with van der Waals surface area (Å²) >= 11 is 0. The second-order valence-electron chi connectivity index (χ2n) is 4.47. The van der Waals surface area contributed by atoms with Gasteiger partial charge < -0.3 is 10.6 Å². The van der Waals surface area contributed by atoms with Crippen LogP contribution in [0.1, 0.15) is 18.1 Å². The fraction of sp³-hybridized carbons (Fsp3) is 0.250. The molecule has 100 valence electrons. The van der Waals surface area contributed by atoms with Crippen molar-refractivity contribution in [2.24, 2.45) is 5.73 Å². The largest absolute Gasteiger partial charge is 0.367 e. The molecule has 0 aliphatic heterocycles. The molecule has 0 aromatic heterocycles. The van der Waals surface area contributed by atoms with Gasteiger partial charge in [0.05, 0.1) is 0 Å². The third-order valence-electron chi connectivity index (χ3n) is 3.25. The molecule has 0 saturated heterocycles. The van der Waals surface area contributed by atoms with Crippen LogP contribution >= 0.6 is 0 Å². The summed E-state index contributed by atoms with van der Waals surface area (Å²) in [7, 11) is 0. The number of benzene rings is 2. The Hall–Kier alpha value is -1.87. The molecule has 2 rings (SSSR count). The average Bonchev–Trinajstić information content (AvgIpc) is 2.46. The number of para-hydroxylation sites is 1. The lowest BCUT2D eigenvalue weighted by molar-refractivity contribution is 0.623. The minimum Gasteiger partial charge on any atom is -0.367 e. The molecule has 0 radical (unpaired) electrons. The summed E-state index contributed by atoms with van der Waals surface area (Å²) in [6.45, 7) is 4.06. The van der Waals surface area contributed by atoms with Crippen molar-refractivity contribution in [2.45, 2.75) is 20.0 Å². The molecular formula is C16H19FN2. The quantitative estimate of drug-likeness (QED) is 0.891. The lowest BCUT2D eigenvalue weighted by Crippen LogP contribution is -2.23. The van der Waals surface area contributed by atoms with Crippen LogP contribution in [0.15, 0.2) is 48.5 Å². The van der Waals surface area contributed by atoms with E-state index in [2.05, 4.69) is 24.0 Å². The van der Waals surface area contributed by atoms with Crippen molar-refractivity contribution >= 4 is 5.69 Å². The first-order chi connectivity index (χ1) is 9.24. The van der Waals surface area contributed by atoms with E-state index < -0.39 is 0 Å². The topological polar surface area (TPSA) is 29.3 Å². The van der Waals surface area contributed by atoms with E-state index in [4.69, 9.17) is 5.73 Å². The molecule has 2 aromatic rings. The maximum Gasteiger partial charge on any atom is 0.123 e.